The summed E-state index contributed by atoms with van der Waals surface area (Å²) < 4.78 is 11.3. The van der Waals surface area contributed by atoms with E-state index >= 15 is 0 Å². The van der Waals surface area contributed by atoms with Crippen LogP contribution in [0.3, 0.4) is 0 Å². The fraction of sp³-hybridized carbons (Fsp3) is 0.296. The Bertz CT molecular complexity index is 1340. The molecule has 0 unspecified atom stereocenters. The third kappa shape index (κ3) is 5.47. The van der Waals surface area contributed by atoms with Gasteiger partial charge in [0, 0.05) is 28.9 Å². The Morgan fingerprint density at radius 3 is 2.69 bits per heavy atom. The lowest BCUT2D eigenvalue weighted by molar-refractivity contribution is 0.238. The quantitative estimate of drug-likeness (QED) is 0.331. The summed E-state index contributed by atoms with van der Waals surface area (Å²) in [5.74, 6) is 1.99. The maximum atomic E-state index is 6.45. The highest BCUT2D eigenvalue weighted by atomic mass is 35.5. The Morgan fingerprint density at radius 1 is 1.00 bits per heavy atom. The van der Waals surface area contributed by atoms with Gasteiger partial charge >= 0.3 is 0 Å². The molecule has 0 radical (unpaired) electrons. The summed E-state index contributed by atoms with van der Waals surface area (Å²) in [6.45, 7) is 5.98. The molecule has 0 bridgehead atoms. The number of benzene rings is 3. The number of hydrogen-bond acceptors (Lipinski definition) is 7. The van der Waals surface area contributed by atoms with Gasteiger partial charge in [-0.25, -0.2) is 4.98 Å². The Labute approximate surface area is 210 Å². The molecule has 5 rings (SSSR count). The minimum atomic E-state index is 0.432. The first-order valence-corrected chi connectivity index (χ1v) is 12.2. The second-order valence-electron chi connectivity index (χ2n) is 8.69. The molecule has 0 amide bonds. The van der Waals surface area contributed by atoms with Crippen molar-refractivity contribution in [2.45, 2.75) is 19.8 Å². The number of rotatable bonds is 8. The summed E-state index contributed by atoms with van der Waals surface area (Å²) in [6.07, 6.45) is 2.57. The van der Waals surface area contributed by atoms with Crippen LogP contribution in [0.5, 0.6) is 11.5 Å². The van der Waals surface area contributed by atoms with E-state index in [0.717, 1.165) is 45.9 Å². The number of likely N-dealkylation sites (tertiary alicyclic amines) is 1. The lowest BCUT2D eigenvalue weighted by atomic mass is 10.0. The van der Waals surface area contributed by atoms with Crippen LogP contribution in [0.2, 0.25) is 5.02 Å². The summed E-state index contributed by atoms with van der Waals surface area (Å²) in [4.78, 5) is 7.15. The van der Waals surface area contributed by atoms with Gasteiger partial charge in [0.15, 0.2) is 0 Å². The smallest absolute Gasteiger partial charge is 0.247 e. The zero-order valence-corrected chi connectivity index (χ0v) is 20.7. The number of hydrogen-bond donors (Lipinski definition) is 1. The zero-order chi connectivity index (χ0) is 24.2. The topological polar surface area (TPSA) is 72.4 Å². The van der Waals surface area contributed by atoms with E-state index in [9.17, 15) is 0 Å². The van der Waals surface area contributed by atoms with Gasteiger partial charge < -0.3 is 14.8 Å². The number of anilines is 2. The summed E-state index contributed by atoms with van der Waals surface area (Å²) in [5.41, 5.74) is 5.12. The van der Waals surface area contributed by atoms with Gasteiger partial charge in [0.25, 0.3) is 0 Å². The second kappa shape index (κ2) is 10.5. The van der Waals surface area contributed by atoms with Crippen LogP contribution in [0.4, 0.5) is 11.6 Å². The molecular weight excluding hydrogens is 462 g/mol. The molecule has 1 saturated heterocycles. The van der Waals surface area contributed by atoms with E-state index in [1.165, 1.54) is 25.9 Å². The first kappa shape index (κ1) is 23.3. The molecule has 0 spiro atoms. The maximum Gasteiger partial charge on any atom is 0.247 e. The van der Waals surface area contributed by atoms with Crippen molar-refractivity contribution >= 4 is 34.3 Å². The highest BCUT2D eigenvalue weighted by Gasteiger charge is 2.13. The van der Waals surface area contributed by atoms with Gasteiger partial charge in [-0.05, 0) is 86.4 Å². The van der Waals surface area contributed by atoms with E-state index in [-0.39, 0.29) is 0 Å². The molecule has 3 aromatic carbocycles. The van der Waals surface area contributed by atoms with Crippen LogP contribution in [-0.4, -0.2) is 53.4 Å². The molecule has 1 fully saturated rings. The van der Waals surface area contributed by atoms with Crippen LogP contribution in [0.1, 0.15) is 18.4 Å². The maximum absolute atomic E-state index is 6.45. The van der Waals surface area contributed by atoms with Crippen LogP contribution < -0.4 is 14.8 Å². The number of nitrogens with zero attached hydrogens (tertiary/aromatic N) is 4. The molecule has 1 aliphatic rings. The van der Waals surface area contributed by atoms with Crippen LogP contribution >= 0.6 is 11.6 Å². The number of ether oxygens (including phenoxy) is 2. The van der Waals surface area contributed by atoms with E-state index < -0.39 is 0 Å². The van der Waals surface area contributed by atoms with Gasteiger partial charge in [0.1, 0.15) is 23.6 Å². The predicted octanol–water partition coefficient (Wildman–Crippen LogP) is 5.88. The lowest BCUT2D eigenvalue weighted by Gasteiger charge is -2.15. The van der Waals surface area contributed by atoms with Crippen molar-refractivity contribution in [3.8, 4) is 22.6 Å². The highest BCUT2D eigenvalue weighted by molar-refractivity contribution is 6.33. The van der Waals surface area contributed by atoms with E-state index in [4.69, 9.17) is 26.1 Å². The van der Waals surface area contributed by atoms with Gasteiger partial charge in [-0.1, -0.05) is 17.7 Å². The Hall–Kier alpha value is -3.42. The van der Waals surface area contributed by atoms with Gasteiger partial charge in [0.2, 0.25) is 5.95 Å². The molecule has 0 saturated carbocycles. The van der Waals surface area contributed by atoms with Crippen LogP contribution in [0.15, 0.2) is 54.6 Å². The van der Waals surface area contributed by atoms with Gasteiger partial charge in [0.05, 0.1) is 12.6 Å². The van der Waals surface area contributed by atoms with Crippen LogP contribution in [-0.2, 0) is 0 Å². The Balaban J connectivity index is 1.33. The monoisotopic (exact) mass is 489 g/mol. The zero-order valence-electron chi connectivity index (χ0n) is 19.9. The normalized spacial score (nSPS) is 13.8. The highest BCUT2D eigenvalue weighted by Crippen LogP contribution is 2.34. The molecule has 4 aromatic rings. The van der Waals surface area contributed by atoms with Gasteiger partial charge in [-0.3, -0.25) is 4.90 Å². The average Bonchev–Trinajstić information content (AvgIpc) is 3.38. The Morgan fingerprint density at radius 2 is 1.86 bits per heavy atom. The number of fused-ring (bicyclic) bond motifs is 1. The number of aryl methyl sites for hydroxylation is 1. The molecular formula is C27H28ClN5O2. The largest absolute Gasteiger partial charge is 0.497 e. The number of methoxy groups -OCH3 is 1. The minimum absolute atomic E-state index is 0.432. The SMILES string of the molecule is COc1ccc(Cl)c(-c2cc(C)c3nc(Nc4cccc(OCCN5CCCC5)c4)nnc3c2)c1. The molecule has 0 atom stereocenters. The second-order valence-corrected chi connectivity index (χ2v) is 9.10. The molecule has 0 aliphatic carbocycles. The predicted molar refractivity (Wildman–Crippen MR) is 140 cm³/mol. The summed E-state index contributed by atoms with van der Waals surface area (Å²) in [5, 5.41) is 12.6. The molecule has 1 aliphatic heterocycles. The van der Waals surface area contributed by atoms with E-state index in [2.05, 4.69) is 26.5 Å². The summed E-state index contributed by atoms with van der Waals surface area (Å²) in [6, 6.07) is 17.4. The van der Waals surface area contributed by atoms with Crippen molar-refractivity contribution in [2.75, 3.05) is 38.7 Å². The standard InChI is InChI=1S/C27H28ClN5O2/c1-18-14-19(23-17-21(34-2)8-9-24(23)28)15-25-26(18)30-27(32-31-25)29-20-6-5-7-22(16-20)35-13-12-33-10-3-4-11-33/h5-9,14-17H,3-4,10-13H2,1-2H3,(H,29,30,32). The lowest BCUT2D eigenvalue weighted by Crippen LogP contribution is -2.25. The van der Waals surface area contributed by atoms with Crippen molar-refractivity contribution in [3.63, 3.8) is 0 Å². The van der Waals surface area contributed by atoms with Crippen molar-refractivity contribution in [1.29, 1.82) is 0 Å². The molecule has 8 heteroatoms. The first-order valence-electron chi connectivity index (χ1n) is 11.8. The molecule has 7 nitrogen and oxygen atoms in total. The minimum Gasteiger partial charge on any atom is -0.497 e. The fourth-order valence-electron chi connectivity index (χ4n) is 4.36. The molecule has 1 aromatic heterocycles. The van der Waals surface area contributed by atoms with E-state index in [0.29, 0.717) is 23.1 Å². The third-order valence-electron chi connectivity index (χ3n) is 6.20. The van der Waals surface area contributed by atoms with Crippen molar-refractivity contribution in [3.05, 3.63) is 65.2 Å². The summed E-state index contributed by atoms with van der Waals surface area (Å²) in [7, 11) is 1.64. The third-order valence-corrected chi connectivity index (χ3v) is 6.53. The van der Waals surface area contributed by atoms with Crippen LogP contribution in [0.25, 0.3) is 22.2 Å². The van der Waals surface area contributed by atoms with E-state index in [1.807, 2.05) is 55.5 Å². The number of nitrogens with one attached hydrogen (secondary N) is 1. The number of aromatic nitrogens is 3. The first-order chi connectivity index (χ1) is 17.1. The Kier molecular flexibility index (Phi) is 6.97. The fourth-order valence-corrected chi connectivity index (χ4v) is 4.59. The van der Waals surface area contributed by atoms with Crippen LogP contribution in [0, 0.1) is 6.92 Å². The molecule has 180 valence electrons. The van der Waals surface area contributed by atoms with E-state index in [1.54, 1.807) is 7.11 Å². The molecule has 1 N–H and O–H groups in total. The number of halogens is 1. The average molecular weight is 490 g/mol. The van der Waals surface area contributed by atoms with Gasteiger partial charge in [-0.2, -0.15) is 0 Å². The molecule has 35 heavy (non-hydrogen) atoms. The van der Waals surface area contributed by atoms with Crippen molar-refractivity contribution in [2.24, 2.45) is 0 Å². The van der Waals surface area contributed by atoms with Gasteiger partial charge in [-0.15, -0.1) is 10.2 Å². The van der Waals surface area contributed by atoms with Crippen molar-refractivity contribution in [1.82, 2.24) is 20.1 Å². The molecule has 2 heterocycles. The summed E-state index contributed by atoms with van der Waals surface area (Å²) >= 11 is 6.45. The van der Waals surface area contributed by atoms with Crippen molar-refractivity contribution < 1.29 is 9.47 Å².